The van der Waals surface area contributed by atoms with Crippen molar-refractivity contribution in [2.75, 3.05) is 12.5 Å². The molecule has 0 radical (unpaired) electrons. The first-order chi connectivity index (χ1) is 7.84. The van der Waals surface area contributed by atoms with E-state index < -0.39 is 6.09 Å². The molecule has 0 saturated heterocycles. The third-order valence-corrected chi connectivity index (χ3v) is 2.26. The van der Waals surface area contributed by atoms with Crippen LogP contribution in [0.1, 0.15) is 20.8 Å². The molecule has 1 heterocycles. The highest BCUT2D eigenvalue weighted by Crippen LogP contribution is 2.15. The van der Waals surface area contributed by atoms with Crippen LogP contribution < -0.4 is 16.0 Å². The molecule has 0 unspecified atom stereocenters. The van der Waals surface area contributed by atoms with Crippen LogP contribution in [-0.4, -0.2) is 33.5 Å². The Bertz CT molecular complexity index is 402. The number of nitrogens with zero attached hydrogens (tertiary/aromatic N) is 3. The molecule has 0 bridgehead atoms. The van der Waals surface area contributed by atoms with Crippen molar-refractivity contribution in [3.8, 4) is 5.88 Å². The predicted molar refractivity (Wildman–Crippen MR) is 63.4 cm³/mol. The second-order valence-electron chi connectivity index (χ2n) is 4.48. The maximum Gasteiger partial charge on any atom is 0.416 e. The Labute approximate surface area is 100.0 Å². The van der Waals surface area contributed by atoms with Gasteiger partial charge in [-0.05, 0) is 20.8 Å². The molecule has 17 heavy (non-hydrogen) atoms. The standard InChI is InChI=1S/C10H17N5O2/c1-10(2,3)15(4)9(16)17-8-5-7(14-11)12-6-13-8/h5-6H,11H2,1-4H3,(H,12,13,14). The summed E-state index contributed by atoms with van der Waals surface area (Å²) in [7, 11) is 1.66. The number of ether oxygens (including phenoxy) is 1. The van der Waals surface area contributed by atoms with E-state index in [0.717, 1.165) is 0 Å². The molecule has 0 fully saturated rings. The fourth-order valence-electron chi connectivity index (χ4n) is 0.906. The van der Waals surface area contributed by atoms with Gasteiger partial charge in [-0.15, -0.1) is 0 Å². The first-order valence-electron chi connectivity index (χ1n) is 5.09. The normalized spacial score (nSPS) is 10.9. The summed E-state index contributed by atoms with van der Waals surface area (Å²) in [5.41, 5.74) is 2.02. The average molecular weight is 239 g/mol. The Kier molecular flexibility index (Phi) is 3.84. The number of carbonyl (C=O) groups is 1. The zero-order valence-corrected chi connectivity index (χ0v) is 10.4. The van der Waals surface area contributed by atoms with Gasteiger partial charge in [0.2, 0.25) is 5.88 Å². The van der Waals surface area contributed by atoms with Crippen LogP contribution in [0.2, 0.25) is 0 Å². The molecule has 1 rings (SSSR count). The molecule has 94 valence electrons. The summed E-state index contributed by atoms with van der Waals surface area (Å²) >= 11 is 0. The highest BCUT2D eigenvalue weighted by molar-refractivity contribution is 5.70. The van der Waals surface area contributed by atoms with E-state index in [2.05, 4.69) is 15.4 Å². The van der Waals surface area contributed by atoms with Crippen LogP contribution in [-0.2, 0) is 0 Å². The Balaban J connectivity index is 2.74. The van der Waals surface area contributed by atoms with Crippen molar-refractivity contribution in [3.05, 3.63) is 12.4 Å². The molecule has 0 aliphatic heterocycles. The van der Waals surface area contributed by atoms with Crippen LogP contribution in [0, 0.1) is 0 Å². The Morgan fingerprint density at radius 1 is 1.47 bits per heavy atom. The van der Waals surface area contributed by atoms with Crippen LogP contribution in [0.15, 0.2) is 12.4 Å². The SMILES string of the molecule is CN(C(=O)Oc1cc(NN)ncn1)C(C)(C)C. The summed E-state index contributed by atoms with van der Waals surface area (Å²) < 4.78 is 5.09. The molecule has 7 nitrogen and oxygen atoms in total. The summed E-state index contributed by atoms with van der Waals surface area (Å²) in [5.74, 6) is 5.71. The number of hydrogen-bond acceptors (Lipinski definition) is 6. The van der Waals surface area contributed by atoms with E-state index >= 15 is 0 Å². The lowest BCUT2D eigenvalue weighted by molar-refractivity contribution is 0.123. The van der Waals surface area contributed by atoms with Gasteiger partial charge in [0, 0.05) is 18.7 Å². The summed E-state index contributed by atoms with van der Waals surface area (Å²) in [5, 5.41) is 0. The van der Waals surface area contributed by atoms with Gasteiger partial charge in [-0.25, -0.2) is 20.6 Å². The fourth-order valence-corrected chi connectivity index (χ4v) is 0.906. The minimum atomic E-state index is -0.487. The van der Waals surface area contributed by atoms with Gasteiger partial charge >= 0.3 is 6.09 Å². The van der Waals surface area contributed by atoms with Crippen molar-refractivity contribution in [2.24, 2.45) is 5.84 Å². The number of hydrogen-bond donors (Lipinski definition) is 2. The topological polar surface area (TPSA) is 93.4 Å². The van der Waals surface area contributed by atoms with Crippen LogP contribution in [0.25, 0.3) is 0 Å². The number of hydrazine groups is 1. The summed E-state index contributed by atoms with van der Waals surface area (Å²) in [6.45, 7) is 5.71. The second-order valence-corrected chi connectivity index (χ2v) is 4.48. The van der Waals surface area contributed by atoms with E-state index in [1.54, 1.807) is 7.05 Å². The molecule has 0 atom stereocenters. The van der Waals surface area contributed by atoms with Gasteiger partial charge in [0.15, 0.2) is 0 Å². The number of rotatable bonds is 2. The van der Waals surface area contributed by atoms with Crippen molar-refractivity contribution in [3.63, 3.8) is 0 Å². The molecule has 0 aliphatic carbocycles. The molecule has 1 amide bonds. The van der Waals surface area contributed by atoms with E-state index in [4.69, 9.17) is 10.6 Å². The van der Waals surface area contributed by atoms with Gasteiger partial charge in [-0.3, -0.25) is 0 Å². The molecular weight excluding hydrogens is 222 g/mol. The molecule has 1 aromatic heterocycles. The zero-order valence-electron chi connectivity index (χ0n) is 10.4. The number of carbonyl (C=O) groups excluding carboxylic acids is 1. The summed E-state index contributed by atoms with van der Waals surface area (Å²) in [6, 6.07) is 1.44. The number of nitrogen functional groups attached to an aromatic ring is 1. The minimum absolute atomic E-state index is 0.147. The molecule has 3 N–H and O–H groups in total. The van der Waals surface area contributed by atoms with E-state index in [-0.39, 0.29) is 11.4 Å². The van der Waals surface area contributed by atoms with Gasteiger partial charge in [-0.2, -0.15) is 0 Å². The Hall–Kier alpha value is -1.89. The van der Waals surface area contributed by atoms with Gasteiger partial charge < -0.3 is 15.1 Å². The smallest absolute Gasteiger partial charge is 0.391 e. The van der Waals surface area contributed by atoms with Crippen LogP contribution in [0.5, 0.6) is 5.88 Å². The predicted octanol–water partition coefficient (Wildman–Crippen LogP) is 0.991. The second kappa shape index (κ2) is 4.96. The molecule has 7 heteroatoms. The molecule has 1 aromatic rings. The van der Waals surface area contributed by atoms with Gasteiger partial charge in [0.1, 0.15) is 12.1 Å². The summed E-state index contributed by atoms with van der Waals surface area (Å²) in [6.07, 6.45) is 0.772. The fraction of sp³-hybridized carbons (Fsp3) is 0.500. The molecule has 0 saturated carbocycles. The molecule has 0 spiro atoms. The number of amides is 1. The number of nitrogens with one attached hydrogen (secondary N) is 1. The Morgan fingerprint density at radius 3 is 2.65 bits per heavy atom. The first-order valence-corrected chi connectivity index (χ1v) is 5.09. The monoisotopic (exact) mass is 239 g/mol. The van der Waals surface area contributed by atoms with Gasteiger partial charge in [0.05, 0.1) is 0 Å². The van der Waals surface area contributed by atoms with Crippen LogP contribution in [0.4, 0.5) is 10.6 Å². The number of nitrogens with two attached hydrogens (primary N) is 1. The van der Waals surface area contributed by atoms with Crippen molar-refractivity contribution in [2.45, 2.75) is 26.3 Å². The molecule has 0 aromatic carbocycles. The van der Waals surface area contributed by atoms with E-state index in [0.29, 0.717) is 5.82 Å². The third-order valence-electron chi connectivity index (χ3n) is 2.26. The van der Waals surface area contributed by atoms with Gasteiger partial charge in [-0.1, -0.05) is 0 Å². The lowest BCUT2D eigenvalue weighted by atomic mass is 10.1. The van der Waals surface area contributed by atoms with Crippen molar-refractivity contribution in [1.29, 1.82) is 0 Å². The van der Waals surface area contributed by atoms with Crippen LogP contribution in [0.3, 0.4) is 0 Å². The zero-order chi connectivity index (χ0) is 13.1. The first kappa shape index (κ1) is 13.2. The van der Waals surface area contributed by atoms with E-state index in [9.17, 15) is 4.79 Å². The molecule has 0 aliphatic rings. The number of aromatic nitrogens is 2. The van der Waals surface area contributed by atoms with Crippen LogP contribution >= 0.6 is 0 Å². The van der Waals surface area contributed by atoms with Crippen molar-refractivity contribution < 1.29 is 9.53 Å². The van der Waals surface area contributed by atoms with Gasteiger partial charge in [0.25, 0.3) is 0 Å². The van der Waals surface area contributed by atoms with E-state index in [1.165, 1.54) is 17.3 Å². The Morgan fingerprint density at radius 2 is 2.12 bits per heavy atom. The third kappa shape index (κ3) is 3.56. The quantitative estimate of drug-likeness (QED) is 0.590. The highest BCUT2D eigenvalue weighted by Gasteiger charge is 2.24. The lowest BCUT2D eigenvalue weighted by Crippen LogP contribution is -2.44. The van der Waals surface area contributed by atoms with Crippen molar-refractivity contribution in [1.82, 2.24) is 14.9 Å². The largest absolute Gasteiger partial charge is 0.416 e. The molecular formula is C10H17N5O2. The summed E-state index contributed by atoms with van der Waals surface area (Å²) in [4.78, 5) is 20.8. The highest BCUT2D eigenvalue weighted by atomic mass is 16.6. The van der Waals surface area contributed by atoms with E-state index in [1.807, 2.05) is 20.8 Å². The minimum Gasteiger partial charge on any atom is -0.391 e. The maximum absolute atomic E-state index is 11.8. The maximum atomic E-state index is 11.8. The average Bonchev–Trinajstić information content (AvgIpc) is 2.27. The lowest BCUT2D eigenvalue weighted by Gasteiger charge is -2.30. The number of anilines is 1. The van der Waals surface area contributed by atoms with Crippen molar-refractivity contribution >= 4 is 11.9 Å².